The number of hydrogen-bond donors (Lipinski definition) is 0. The minimum absolute atomic E-state index is 0.632. The molecular formula is C13H16N4. The van der Waals surface area contributed by atoms with Gasteiger partial charge in [-0.25, -0.2) is 4.98 Å². The van der Waals surface area contributed by atoms with Crippen molar-refractivity contribution in [3.8, 4) is 6.07 Å². The molecule has 4 nitrogen and oxygen atoms in total. The van der Waals surface area contributed by atoms with Crippen LogP contribution in [0.1, 0.15) is 5.56 Å². The normalized spacial score (nSPS) is 28.1. The van der Waals surface area contributed by atoms with E-state index in [1.54, 1.807) is 6.20 Å². The van der Waals surface area contributed by atoms with Crippen LogP contribution in [-0.4, -0.2) is 43.1 Å². The highest BCUT2D eigenvalue weighted by atomic mass is 15.3. The fourth-order valence-corrected chi connectivity index (χ4v) is 3.05. The third-order valence-corrected chi connectivity index (χ3v) is 3.87. The van der Waals surface area contributed by atoms with Crippen molar-refractivity contribution >= 4 is 5.82 Å². The van der Waals surface area contributed by atoms with Crippen molar-refractivity contribution in [3.63, 3.8) is 0 Å². The van der Waals surface area contributed by atoms with Gasteiger partial charge in [-0.05, 0) is 31.0 Å². The molecule has 0 amide bonds. The monoisotopic (exact) mass is 228 g/mol. The second-order valence-electron chi connectivity index (χ2n) is 5.16. The van der Waals surface area contributed by atoms with Crippen LogP contribution in [0.3, 0.4) is 0 Å². The Kier molecular flexibility index (Phi) is 2.49. The van der Waals surface area contributed by atoms with Gasteiger partial charge in [0.05, 0.1) is 5.56 Å². The Morgan fingerprint density at radius 3 is 2.47 bits per heavy atom. The fraction of sp³-hybridized carbons (Fsp3) is 0.538. The molecule has 3 rings (SSSR count). The van der Waals surface area contributed by atoms with Crippen LogP contribution in [0.15, 0.2) is 18.3 Å². The minimum Gasteiger partial charge on any atom is -0.356 e. The highest BCUT2D eigenvalue weighted by molar-refractivity contribution is 5.43. The van der Waals surface area contributed by atoms with Crippen LogP contribution in [0, 0.1) is 23.2 Å². The van der Waals surface area contributed by atoms with Crippen molar-refractivity contribution < 1.29 is 0 Å². The van der Waals surface area contributed by atoms with E-state index in [2.05, 4.69) is 27.9 Å². The van der Waals surface area contributed by atoms with E-state index in [4.69, 9.17) is 5.26 Å². The highest BCUT2D eigenvalue weighted by Gasteiger charge is 2.38. The van der Waals surface area contributed by atoms with Crippen molar-refractivity contribution in [1.82, 2.24) is 9.88 Å². The number of anilines is 1. The summed E-state index contributed by atoms with van der Waals surface area (Å²) in [6.45, 7) is 4.62. The summed E-state index contributed by atoms with van der Waals surface area (Å²) in [6.07, 6.45) is 1.66. The Morgan fingerprint density at radius 2 is 1.94 bits per heavy atom. The Hall–Kier alpha value is -1.60. The maximum absolute atomic E-state index is 8.75. The molecule has 0 saturated carbocycles. The smallest absolute Gasteiger partial charge is 0.128 e. The SMILES string of the molecule is CN1C[C@@H]2CN(c3ccc(C#N)cn3)C[C@@H]2C1. The number of likely N-dealkylation sites (tertiary alicyclic amines) is 1. The van der Waals surface area contributed by atoms with Crippen LogP contribution >= 0.6 is 0 Å². The molecule has 0 bridgehead atoms. The van der Waals surface area contributed by atoms with E-state index >= 15 is 0 Å². The molecular weight excluding hydrogens is 212 g/mol. The topological polar surface area (TPSA) is 43.2 Å². The Morgan fingerprint density at radius 1 is 1.24 bits per heavy atom. The average Bonchev–Trinajstić information content (AvgIpc) is 2.86. The molecule has 17 heavy (non-hydrogen) atoms. The second-order valence-corrected chi connectivity index (χ2v) is 5.16. The zero-order valence-electron chi connectivity index (χ0n) is 10.0. The lowest BCUT2D eigenvalue weighted by Gasteiger charge is -2.20. The van der Waals surface area contributed by atoms with Crippen molar-refractivity contribution in [2.24, 2.45) is 11.8 Å². The van der Waals surface area contributed by atoms with E-state index in [-0.39, 0.29) is 0 Å². The molecule has 1 aromatic rings. The first-order valence-corrected chi connectivity index (χ1v) is 6.06. The van der Waals surface area contributed by atoms with Gasteiger partial charge in [0.25, 0.3) is 0 Å². The van der Waals surface area contributed by atoms with Crippen molar-refractivity contribution in [1.29, 1.82) is 5.26 Å². The molecule has 0 unspecified atom stereocenters. The first kappa shape index (κ1) is 10.5. The zero-order valence-corrected chi connectivity index (χ0v) is 10.0. The predicted molar refractivity (Wildman–Crippen MR) is 65.6 cm³/mol. The van der Waals surface area contributed by atoms with E-state index < -0.39 is 0 Å². The van der Waals surface area contributed by atoms with E-state index in [1.165, 1.54) is 13.1 Å². The van der Waals surface area contributed by atoms with Gasteiger partial charge in [0.2, 0.25) is 0 Å². The minimum atomic E-state index is 0.632. The van der Waals surface area contributed by atoms with Gasteiger partial charge >= 0.3 is 0 Å². The summed E-state index contributed by atoms with van der Waals surface area (Å²) in [4.78, 5) is 9.13. The third-order valence-electron chi connectivity index (χ3n) is 3.87. The lowest BCUT2D eigenvalue weighted by molar-refractivity contribution is 0.387. The highest BCUT2D eigenvalue weighted by Crippen LogP contribution is 2.32. The number of fused-ring (bicyclic) bond motifs is 1. The molecule has 2 aliphatic rings. The van der Waals surface area contributed by atoms with Crippen molar-refractivity contribution in [2.75, 3.05) is 38.1 Å². The van der Waals surface area contributed by atoms with Crippen molar-refractivity contribution in [3.05, 3.63) is 23.9 Å². The van der Waals surface area contributed by atoms with Gasteiger partial charge < -0.3 is 9.80 Å². The Balaban J connectivity index is 1.73. The first-order chi connectivity index (χ1) is 8.26. The van der Waals surface area contributed by atoms with Gasteiger partial charge in [-0.2, -0.15) is 5.26 Å². The van der Waals surface area contributed by atoms with Crippen LogP contribution < -0.4 is 4.90 Å². The summed E-state index contributed by atoms with van der Waals surface area (Å²) in [5.74, 6) is 2.59. The van der Waals surface area contributed by atoms with Gasteiger partial charge in [0, 0.05) is 32.4 Å². The van der Waals surface area contributed by atoms with Gasteiger partial charge in [0.1, 0.15) is 11.9 Å². The first-order valence-electron chi connectivity index (χ1n) is 6.06. The van der Waals surface area contributed by atoms with E-state index in [0.29, 0.717) is 5.56 Å². The van der Waals surface area contributed by atoms with Gasteiger partial charge in [-0.3, -0.25) is 0 Å². The summed E-state index contributed by atoms with van der Waals surface area (Å²) in [5, 5.41) is 8.75. The van der Waals surface area contributed by atoms with Crippen LogP contribution in [0.25, 0.3) is 0 Å². The molecule has 0 spiro atoms. The lowest BCUT2D eigenvalue weighted by Crippen LogP contribution is -2.27. The third kappa shape index (κ3) is 1.87. The second kappa shape index (κ2) is 4.01. The molecule has 0 N–H and O–H groups in total. The van der Waals surface area contributed by atoms with E-state index in [0.717, 1.165) is 30.7 Å². The van der Waals surface area contributed by atoms with Gasteiger partial charge in [-0.1, -0.05) is 0 Å². The summed E-state index contributed by atoms with van der Waals surface area (Å²) in [7, 11) is 2.20. The molecule has 1 aromatic heterocycles. The van der Waals surface area contributed by atoms with Crippen LogP contribution in [0.5, 0.6) is 0 Å². The number of pyridine rings is 1. The predicted octanol–water partition coefficient (Wildman–Crippen LogP) is 0.951. The molecule has 0 radical (unpaired) electrons. The van der Waals surface area contributed by atoms with Gasteiger partial charge in [-0.15, -0.1) is 0 Å². The molecule has 88 valence electrons. The summed E-state index contributed by atoms with van der Waals surface area (Å²) < 4.78 is 0. The standard InChI is InChI=1S/C13H16N4/c1-16-6-11-8-17(9-12(11)7-16)13-3-2-10(4-14)5-15-13/h2-3,5,11-12H,6-9H2,1H3/t11-,12+. The Bertz CT molecular complexity index is 433. The molecule has 2 atom stereocenters. The van der Waals surface area contributed by atoms with E-state index in [1.807, 2.05) is 12.1 Å². The van der Waals surface area contributed by atoms with Gasteiger partial charge in [0.15, 0.2) is 0 Å². The summed E-state index contributed by atoms with van der Waals surface area (Å²) in [6, 6.07) is 5.91. The number of nitriles is 1. The van der Waals surface area contributed by atoms with Crippen molar-refractivity contribution in [2.45, 2.75) is 0 Å². The van der Waals surface area contributed by atoms with Crippen LogP contribution in [-0.2, 0) is 0 Å². The Labute approximate surface area is 101 Å². The molecule has 2 aliphatic heterocycles. The number of aromatic nitrogens is 1. The maximum Gasteiger partial charge on any atom is 0.128 e. The molecule has 2 saturated heterocycles. The largest absolute Gasteiger partial charge is 0.356 e. The maximum atomic E-state index is 8.75. The number of rotatable bonds is 1. The van der Waals surface area contributed by atoms with Crippen LogP contribution in [0.2, 0.25) is 0 Å². The zero-order chi connectivity index (χ0) is 11.8. The van der Waals surface area contributed by atoms with E-state index in [9.17, 15) is 0 Å². The molecule has 0 aromatic carbocycles. The summed E-state index contributed by atoms with van der Waals surface area (Å²) >= 11 is 0. The number of nitrogens with zero attached hydrogens (tertiary/aromatic N) is 4. The average molecular weight is 228 g/mol. The summed E-state index contributed by atoms with van der Waals surface area (Å²) in [5.41, 5.74) is 0.632. The molecule has 2 fully saturated rings. The quantitative estimate of drug-likeness (QED) is 0.718. The molecule has 4 heteroatoms. The molecule has 0 aliphatic carbocycles. The van der Waals surface area contributed by atoms with Crippen LogP contribution in [0.4, 0.5) is 5.82 Å². The fourth-order valence-electron chi connectivity index (χ4n) is 3.05. The molecule has 3 heterocycles. The lowest BCUT2D eigenvalue weighted by atomic mass is 10.0. The number of hydrogen-bond acceptors (Lipinski definition) is 4.